The first-order valence-corrected chi connectivity index (χ1v) is 7.97. The maximum Gasteiger partial charge on any atom is 0.272 e. The number of nitriles is 1. The molecule has 0 aliphatic carbocycles. The lowest BCUT2D eigenvalue weighted by Gasteiger charge is -2.04. The maximum atomic E-state index is 13.2. The molecule has 3 aromatic rings. The SMILES string of the molecule is CSc1ncn(Cc2nc(-c3cccc(F)c3)no2)c(=O)c1C#N. The molecule has 1 aromatic carbocycles. The zero-order valence-corrected chi connectivity index (χ0v) is 13.2. The fourth-order valence-electron chi connectivity index (χ4n) is 2.05. The molecule has 0 saturated carbocycles. The third kappa shape index (κ3) is 3.04. The van der Waals surface area contributed by atoms with Gasteiger partial charge < -0.3 is 4.52 Å². The lowest BCUT2D eigenvalue weighted by atomic mass is 10.2. The van der Waals surface area contributed by atoms with Crippen molar-refractivity contribution in [2.24, 2.45) is 0 Å². The van der Waals surface area contributed by atoms with Gasteiger partial charge in [-0.15, -0.1) is 11.8 Å². The topological polar surface area (TPSA) is 97.6 Å². The molecule has 7 nitrogen and oxygen atoms in total. The summed E-state index contributed by atoms with van der Waals surface area (Å²) in [7, 11) is 0. The smallest absolute Gasteiger partial charge is 0.272 e. The first-order chi connectivity index (χ1) is 11.6. The first-order valence-electron chi connectivity index (χ1n) is 6.74. The molecule has 0 radical (unpaired) electrons. The summed E-state index contributed by atoms with van der Waals surface area (Å²) in [5.41, 5.74) is -0.0526. The normalized spacial score (nSPS) is 10.5. The van der Waals surface area contributed by atoms with Crippen LogP contribution >= 0.6 is 11.8 Å². The van der Waals surface area contributed by atoms with Crippen molar-refractivity contribution in [1.29, 1.82) is 5.26 Å². The molecule has 0 aliphatic rings. The Labute approximate surface area is 139 Å². The Balaban J connectivity index is 1.91. The lowest BCUT2D eigenvalue weighted by molar-refractivity contribution is 0.369. The van der Waals surface area contributed by atoms with Crippen molar-refractivity contribution in [3.8, 4) is 17.5 Å². The van der Waals surface area contributed by atoms with Crippen LogP contribution in [-0.2, 0) is 6.54 Å². The summed E-state index contributed by atoms with van der Waals surface area (Å²) >= 11 is 1.22. The summed E-state index contributed by atoms with van der Waals surface area (Å²) in [4.78, 5) is 20.5. The van der Waals surface area contributed by atoms with Gasteiger partial charge in [0.25, 0.3) is 5.56 Å². The van der Waals surface area contributed by atoms with E-state index in [1.165, 1.54) is 40.9 Å². The molecule has 24 heavy (non-hydrogen) atoms. The predicted octanol–water partition coefficient (Wildman–Crippen LogP) is 2.07. The van der Waals surface area contributed by atoms with E-state index in [0.29, 0.717) is 10.6 Å². The monoisotopic (exact) mass is 343 g/mol. The van der Waals surface area contributed by atoms with Crippen molar-refractivity contribution in [3.63, 3.8) is 0 Å². The summed E-state index contributed by atoms with van der Waals surface area (Å²) < 4.78 is 19.5. The molecule has 0 atom stereocenters. The molecular formula is C15H10FN5O2S. The fourth-order valence-corrected chi connectivity index (χ4v) is 2.54. The van der Waals surface area contributed by atoms with Crippen LogP contribution in [0.3, 0.4) is 0 Å². The summed E-state index contributed by atoms with van der Waals surface area (Å²) in [6, 6.07) is 7.63. The van der Waals surface area contributed by atoms with E-state index in [1.54, 1.807) is 12.3 Å². The minimum atomic E-state index is -0.484. The molecule has 0 aliphatic heterocycles. The van der Waals surface area contributed by atoms with Crippen molar-refractivity contribution >= 4 is 11.8 Å². The minimum absolute atomic E-state index is 0.0303. The van der Waals surface area contributed by atoms with Crippen molar-refractivity contribution < 1.29 is 8.91 Å². The standard InChI is InChI=1S/C15H10FN5O2S/c1-24-14-11(6-17)15(22)21(8-18-14)7-12-19-13(20-23-12)9-3-2-4-10(16)5-9/h2-5,8H,7H2,1H3. The summed E-state index contributed by atoms with van der Waals surface area (Å²) in [6.07, 6.45) is 3.05. The highest BCUT2D eigenvalue weighted by molar-refractivity contribution is 7.98. The molecule has 0 fully saturated rings. The van der Waals surface area contributed by atoms with Gasteiger partial charge in [-0.25, -0.2) is 9.37 Å². The molecule has 0 bridgehead atoms. The number of aromatic nitrogens is 4. The zero-order valence-electron chi connectivity index (χ0n) is 12.4. The number of nitrogens with zero attached hydrogens (tertiary/aromatic N) is 5. The Bertz CT molecular complexity index is 992. The van der Waals surface area contributed by atoms with Crippen LogP contribution in [-0.4, -0.2) is 25.9 Å². The Morgan fingerprint density at radius 3 is 3.00 bits per heavy atom. The van der Waals surface area contributed by atoms with Crippen molar-refractivity contribution in [1.82, 2.24) is 19.7 Å². The van der Waals surface area contributed by atoms with E-state index < -0.39 is 11.4 Å². The molecule has 0 spiro atoms. The van der Waals surface area contributed by atoms with Crippen LogP contribution in [0.1, 0.15) is 11.5 Å². The van der Waals surface area contributed by atoms with Crippen LogP contribution < -0.4 is 5.56 Å². The summed E-state index contributed by atoms with van der Waals surface area (Å²) in [5, 5.41) is 13.2. The van der Waals surface area contributed by atoms with Crippen LogP contribution in [0.5, 0.6) is 0 Å². The van der Waals surface area contributed by atoms with E-state index in [4.69, 9.17) is 9.78 Å². The van der Waals surface area contributed by atoms with Crippen molar-refractivity contribution in [2.75, 3.05) is 6.26 Å². The molecule has 0 amide bonds. The zero-order chi connectivity index (χ0) is 17.1. The van der Waals surface area contributed by atoms with E-state index >= 15 is 0 Å². The van der Waals surface area contributed by atoms with E-state index in [2.05, 4.69) is 15.1 Å². The molecule has 120 valence electrons. The number of hydrogen-bond acceptors (Lipinski definition) is 7. The molecule has 0 saturated heterocycles. The van der Waals surface area contributed by atoms with E-state index in [-0.39, 0.29) is 23.8 Å². The van der Waals surface area contributed by atoms with Gasteiger partial charge in [0.2, 0.25) is 11.7 Å². The van der Waals surface area contributed by atoms with Gasteiger partial charge in [-0.3, -0.25) is 9.36 Å². The van der Waals surface area contributed by atoms with E-state index in [1.807, 2.05) is 6.07 Å². The van der Waals surface area contributed by atoms with Crippen LogP contribution in [0.25, 0.3) is 11.4 Å². The number of hydrogen-bond donors (Lipinski definition) is 0. The fraction of sp³-hybridized carbons (Fsp3) is 0.133. The van der Waals surface area contributed by atoms with Gasteiger partial charge >= 0.3 is 0 Å². The Hall–Kier alpha value is -2.99. The van der Waals surface area contributed by atoms with E-state index in [0.717, 1.165) is 0 Å². The van der Waals surface area contributed by atoms with Crippen LogP contribution in [0.4, 0.5) is 4.39 Å². The molecule has 9 heteroatoms. The third-order valence-corrected chi connectivity index (χ3v) is 3.86. The molecule has 2 heterocycles. The van der Waals surface area contributed by atoms with Gasteiger partial charge in [-0.2, -0.15) is 10.2 Å². The first kappa shape index (κ1) is 15.9. The van der Waals surface area contributed by atoms with Crippen molar-refractivity contribution in [3.05, 3.63) is 58.2 Å². The second-order valence-corrected chi connectivity index (χ2v) is 5.49. The Morgan fingerprint density at radius 1 is 1.46 bits per heavy atom. The highest BCUT2D eigenvalue weighted by atomic mass is 32.2. The second kappa shape index (κ2) is 6.64. The average Bonchev–Trinajstić information content (AvgIpc) is 3.05. The van der Waals surface area contributed by atoms with Gasteiger partial charge in [0.1, 0.15) is 29.0 Å². The second-order valence-electron chi connectivity index (χ2n) is 4.70. The third-order valence-electron chi connectivity index (χ3n) is 3.16. The lowest BCUT2D eigenvalue weighted by Crippen LogP contribution is -2.24. The quantitative estimate of drug-likeness (QED) is 0.528. The Morgan fingerprint density at radius 2 is 2.29 bits per heavy atom. The van der Waals surface area contributed by atoms with Gasteiger partial charge in [-0.1, -0.05) is 17.3 Å². The summed E-state index contributed by atoms with van der Waals surface area (Å²) in [6.45, 7) is -0.0303. The molecule has 3 rings (SSSR count). The van der Waals surface area contributed by atoms with Crippen LogP contribution in [0, 0.1) is 17.1 Å². The maximum absolute atomic E-state index is 13.2. The van der Waals surface area contributed by atoms with Gasteiger partial charge in [0, 0.05) is 5.56 Å². The minimum Gasteiger partial charge on any atom is -0.337 e. The van der Waals surface area contributed by atoms with Gasteiger partial charge in [0.05, 0.1) is 6.33 Å². The van der Waals surface area contributed by atoms with Crippen molar-refractivity contribution in [2.45, 2.75) is 11.6 Å². The molecule has 0 unspecified atom stereocenters. The summed E-state index contributed by atoms with van der Waals surface area (Å²) in [5.74, 6) is -0.0451. The number of halogens is 1. The van der Waals surface area contributed by atoms with Crippen LogP contribution in [0.2, 0.25) is 0 Å². The molecule has 2 aromatic heterocycles. The average molecular weight is 343 g/mol. The highest BCUT2D eigenvalue weighted by Gasteiger charge is 2.14. The van der Waals surface area contributed by atoms with Gasteiger partial charge in [0.15, 0.2) is 0 Å². The molecule has 0 N–H and O–H groups in total. The van der Waals surface area contributed by atoms with Gasteiger partial charge in [-0.05, 0) is 18.4 Å². The van der Waals surface area contributed by atoms with Crippen LogP contribution in [0.15, 0.2) is 44.9 Å². The predicted molar refractivity (Wildman–Crippen MR) is 83.8 cm³/mol. The molecular weight excluding hydrogens is 333 g/mol. The van der Waals surface area contributed by atoms with E-state index in [9.17, 15) is 9.18 Å². The number of rotatable bonds is 4. The highest BCUT2D eigenvalue weighted by Crippen LogP contribution is 2.17. The largest absolute Gasteiger partial charge is 0.337 e. The number of benzene rings is 1. The number of thioether (sulfide) groups is 1. The Kier molecular flexibility index (Phi) is 4.39.